The van der Waals surface area contributed by atoms with Gasteiger partial charge in [-0.2, -0.15) is 0 Å². The number of nitrogens with zero attached hydrogens (tertiary/aromatic N) is 2. The summed E-state index contributed by atoms with van der Waals surface area (Å²) in [6, 6.07) is 7.22. The quantitative estimate of drug-likeness (QED) is 0.629. The highest BCUT2D eigenvalue weighted by atomic mass is 16.5. The molecule has 0 aromatic heterocycles. The van der Waals surface area contributed by atoms with Crippen LogP contribution in [0.15, 0.2) is 24.3 Å². The molecule has 1 aliphatic rings. The highest BCUT2D eigenvalue weighted by molar-refractivity contribution is 5.83. The number of aliphatic hydroxyl groups excluding tert-OH is 1. The SMILES string of the molecule is COc1cccc(CN2CCN(C(=O)CNC(N)=O)C[C@H]2CCO)c1. The van der Waals surface area contributed by atoms with Gasteiger partial charge in [0.2, 0.25) is 5.91 Å². The number of carbonyl (C=O) groups is 2. The van der Waals surface area contributed by atoms with Gasteiger partial charge in [0.05, 0.1) is 13.7 Å². The fraction of sp³-hybridized carbons (Fsp3) is 0.529. The molecule has 0 saturated carbocycles. The Labute approximate surface area is 147 Å². The first-order valence-electron chi connectivity index (χ1n) is 8.32. The largest absolute Gasteiger partial charge is 0.497 e. The first kappa shape index (κ1) is 19.0. The van der Waals surface area contributed by atoms with E-state index in [1.54, 1.807) is 12.0 Å². The number of benzene rings is 1. The molecular formula is C17H26N4O4. The molecule has 1 fully saturated rings. The molecule has 0 spiro atoms. The summed E-state index contributed by atoms with van der Waals surface area (Å²) in [5.41, 5.74) is 6.13. The lowest BCUT2D eigenvalue weighted by atomic mass is 10.1. The van der Waals surface area contributed by atoms with E-state index in [2.05, 4.69) is 10.2 Å². The van der Waals surface area contributed by atoms with Crippen molar-refractivity contribution in [2.24, 2.45) is 5.73 Å². The molecule has 1 aromatic carbocycles. The molecule has 1 heterocycles. The first-order chi connectivity index (χ1) is 12.0. The van der Waals surface area contributed by atoms with Gasteiger partial charge >= 0.3 is 6.03 Å². The summed E-state index contributed by atoms with van der Waals surface area (Å²) in [6.07, 6.45) is 0.580. The number of rotatable bonds is 7. The van der Waals surface area contributed by atoms with Crippen molar-refractivity contribution < 1.29 is 19.4 Å². The van der Waals surface area contributed by atoms with E-state index in [0.29, 0.717) is 26.1 Å². The van der Waals surface area contributed by atoms with Gasteiger partial charge in [-0.15, -0.1) is 0 Å². The van der Waals surface area contributed by atoms with Crippen LogP contribution in [0.5, 0.6) is 5.75 Å². The average molecular weight is 350 g/mol. The van der Waals surface area contributed by atoms with E-state index in [1.807, 2.05) is 24.3 Å². The molecular weight excluding hydrogens is 324 g/mol. The smallest absolute Gasteiger partial charge is 0.312 e. The van der Waals surface area contributed by atoms with Gasteiger partial charge in [-0.1, -0.05) is 12.1 Å². The molecule has 1 atom stereocenters. The van der Waals surface area contributed by atoms with E-state index in [4.69, 9.17) is 10.5 Å². The number of nitrogens with two attached hydrogens (primary N) is 1. The first-order valence-corrected chi connectivity index (χ1v) is 8.32. The van der Waals surface area contributed by atoms with Crippen LogP contribution in [0.1, 0.15) is 12.0 Å². The van der Waals surface area contributed by atoms with Crippen LogP contribution in [0.25, 0.3) is 0 Å². The summed E-state index contributed by atoms with van der Waals surface area (Å²) in [5.74, 6) is 0.644. The highest BCUT2D eigenvalue weighted by Gasteiger charge is 2.29. The van der Waals surface area contributed by atoms with E-state index in [-0.39, 0.29) is 25.1 Å². The number of primary amides is 1. The molecule has 3 amide bonds. The Morgan fingerprint density at radius 2 is 2.20 bits per heavy atom. The van der Waals surface area contributed by atoms with Crippen molar-refractivity contribution in [1.29, 1.82) is 0 Å². The van der Waals surface area contributed by atoms with Crippen molar-refractivity contribution in [1.82, 2.24) is 15.1 Å². The third-order valence-corrected chi connectivity index (χ3v) is 4.35. The molecule has 0 radical (unpaired) electrons. The molecule has 1 saturated heterocycles. The van der Waals surface area contributed by atoms with Crippen LogP contribution in [0.2, 0.25) is 0 Å². The molecule has 4 N–H and O–H groups in total. The molecule has 0 unspecified atom stereocenters. The lowest BCUT2D eigenvalue weighted by Gasteiger charge is -2.41. The minimum atomic E-state index is -0.711. The lowest BCUT2D eigenvalue weighted by Crippen LogP contribution is -2.56. The van der Waals surface area contributed by atoms with Crippen LogP contribution in [-0.4, -0.2) is 72.8 Å². The molecule has 25 heavy (non-hydrogen) atoms. The Balaban J connectivity index is 1.98. The molecule has 138 valence electrons. The number of ether oxygens (including phenoxy) is 1. The number of carbonyl (C=O) groups excluding carboxylic acids is 2. The summed E-state index contributed by atoms with van der Waals surface area (Å²) in [4.78, 5) is 26.9. The van der Waals surface area contributed by atoms with Gasteiger partial charge in [-0.3, -0.25) is 9.69 Å². The van der Waals surface area contributed by atoms with Crippen molar-refractivity contribution in [3.63, 3.8) is 0 Å². The maximum atomic E-state index is 12.2. The van der Waals surface area contributed by atoms with E-state index in [1.165, 1.54) is 0 Å². The van der Waals surface area contributed by atoms with Crippen LogP contribution in [-0.2, 0) is 11.3 Å². The molecule has 0 aliphatic carbocycles. The third kappa shape index (κ3) is 5.61. The van der Waals surface area contributed by atoms with E-state index in [9.17, 15) is 14.7 Å². The van der Waals surface area contributed by atoms with E-state index in [0.717, 1.165) is 17.9 Å². The van der Waals surface area contributed by atoms with Crippen LogP contribution >= 0.6 is 0 Å². The second kappa shape index (κ2) is 9.24. The zero-order valence-electron chi connectivity index (χ0n) is 14.5. The minimum absolute atomic E-state index is 0.0564. The van der Waals surface area contributed by atoms with Crippen LogP contribution < -0.4 is 15.8 Å². The zero-order valence-corrected chi connectivity index (χ0v) is 14.5. The number of amides is 3. The zero-order chi connectivity index (χ0) is 18.2. The van der Waals surface area contributed by atoms with E-state index >= 15 is 0 Å². The van der Waals surface area contributed by atoms with Crippen molar-refractivity contribution in [2.45, 2.75) is 19.0 Å². The van der Waals surface area contributed by atoms with Gasteiger partial charge in [-0.25, -0.2) is 4.79 Å². The molecule has 1 aliphatic heterocycles. The summed E-state index contributed by atoms with van der Waals surface area (Å²) in [5, 5.41) is 11.7. The number of hydrogen-bond acceptors (Lipinski definition) is 5. The van der Waals surface area contributed by atoms with Crippen molar-refractivity contribution in [3.05, 3.63) is 29.8 Å². The molecule has 8 nitrogen and oxygen atoms in total. The van der Waals surface area contributed by atoms with Gasteiger partial charge in [0.15, 0.2) is 0 Å². The standard InChI is InChI=1S/C17H26N4O4/c1-25-15-4-2-3-13(9-15)11-20-6-7-21(12-14(20)5-8-22)16(23)10-19-17(18)24/h2-4,9,14,22H,5-8,10-12H2,1H3,(H3,18,19,24)/t14-/m1/s1. The molecule has 2 rings (SSSR count). The maximum absolute atomic E-state index is 12.2. The van der Waals surface area contributed by atoms with Gasteiger partial charge < -0.3 is 25.8 Å². The lowest BCUT2D eigenvalue weighted by molar-refractivity contribution is -0.133. The predicted octanol–water partition coefficient (Wildman–Crippen LogP) is -0.241. The number of nitrogens with one attached hydrogen (secondary N) is 1. The summed E-state index contributed by atoms with van der Waals surface area (Å²) in [6.45, 7) is 2.47. The van der Waals surface area contributed by atoms with Crippen LogP contribution in [0, 0.1) is 0 Å². The number of hydrogen-bond donors (Lipinski definition) is 3. The third-order valence-electron chi connectivity index (χ3n) is 4.35. The van der Waals surface area contributed by atoms with Gasteiger partial charge in [-0.05, 0) is 24.1 Å². The Morgan fingerprint density at radius 1 is 1.40 bits per heavy atom. The second-order valence-corrected chi connectivity index (χ2v) is 6.05. The maximum Gasteiger partial charge on any atom is 0.312 e. The van der Waals surface area contributed by atoms with Crippen molar-refractivity contribution in [3.8, 4) is 5.75 Å². The van der Waals surface area contributed by atoms with Gasteiger partial charge in [0.25, 0.3) is 0 Å². The number of aliphatic hydroxyl groups is 1. The normalized spacial score (nSPS) is 18.0. The van der Waals surface area contributed by atoms with Gasteiger partial charge in [0, 0.05) is 38.8 Å². The Bertz CT molecular complexity index is 596. The molecule has 0 bridgehead atoms. The Morgan fingerprint density at radius 3 is 2.88 bits per heavy atom. The Hall–Kier alpha value is -2.32. The number of piperazine rings is 1. The fourth-order valence-electron chi connectivity index (χ4n) is 3.03. The second-order valence-electron chi connectivity index (χ2n) is 6.05. The Kier molecular flexibility index (Phi) is 7.03. The predicted molar refractivity (Wildman–Crippen MR) is 93.1 cm³/mol. The van der Waals surface area contributed by atoms with Crippen LogP contribution in [0.3, 0.4) is 0 Å². The topological polar surface area (TPSA) is 108 Å². The molecule has 8 heteroatoms. The molecule has 1 aromatic rings. The highest BCUT2D eigenvalue weighted by Crippen LogP contribution is 2.19. The van der Waals surface area contributed by atoms with Crippen molar-refractivity contribution in [2.75, 3.05) is 39.9 Å². The van der Waals surface area contributed by atoms with Crippen LogP contribution in [0.4, 0.5) is 4.79 Å². The average Bonchev–Trinajstić information content (AvgIpc) is 2.61. The fourth-order valence-corrected chi connectivity index (χ4v) is 3.03. The summed E-state index contributed by atoms with van der Waals surface area (Å²) < 4.78 is 5.26. The minimum Gasteiger partial charge on any atom is -0.497 e. The van der Waals surface area contributed by atoms with Gasteiger partial charge in [0.1, 0.15) is 5.75 Å². The summed E-state index contributed by atoms with van der Waals surface area (Å²) >= 11 is 0. The number of urea groups is 1. The number of methoxy groups -OCH3 is 1. The monoisotopic (exact) mass is 350 g/mol. The summed E-state index contributed by atoms with van der Waals surface area (Å²) in [7, 11) is 1.64. The van der Waals surface area contributed by atoms with E-state index < -0.39 is 6.03 Å². The van der Waals surface area contributed by atoms with Crippen molar-refractivity contribution >= 4 is 11.9 Å².